The van der Waals surface area contributed by atoms with Crippen LogP contribution in [0.25, 0.3) is 0 Å². The number of benzene rings is 1. The molecule has 0 atom stereocenters. The molecule has 0 bridgehead atoms. The van der Waals surface area contributed by atoms with Crippen LogP contribution in [0.1, 0.15) is 11.4 Å². The lowest BCUT2D eigenvalue weighted by atomic mass is 10.2. The maximum absolute atomic E-state index is 13.1. The molecule has 0 aliphatic heterocycles. The van der Waals surface area contributed by atoms with Crippen LogP contribution in [0.3, 0.4) is 0 Å². The van der Waals surface area contributed by atoms with E-state index in [0.29, 0.717) is 31.1 Å². The molecule has 0 amide bonds. The van der Waals surface area contributed by atoms with Crippen molar-refractivity contribution in [2.24, 2.45) is 0 Å². The molecule has 1 heterocycles. The van der Waals surface area contributed by atoms with Crippen LogP contribution in [0.15, 0.2) is 18.2 Å². The van der Waals surface area contributed by atoms with Crippen LogP contribution in [-0.4, -0.2) is 40.5 Å². The Hall–Kier alpha value is -1.93. The third-order valence-corrected chi connectivity index (χ3v) is 2.69. The fourth-order valence-electron chi connectivity index (χ4n) is 1.66. The van der Waals surface area contributed by atoms with E-state index in [4.69, 9.17) is 4.74 Å². The SMILES string of the molecule is COCCNCc1nnnn1Cc1ccc(F)c(F)c1. The minimum atomic E-state index is -0.879. The van der Waals surface area contributed by atoms with Gasteiger partial charge in [0.2, 0.25) is 0 Å². The van der Waals surface area contributed by atoms with Crippen LogP contribution in [0.4, 0.5) is 8.78 Å². The van der Waals surface area contributed by atoms with Crippen molar-refractivity contribution in [1.29, 1.82) is 0 Å². The number of halogens is 2. The third kappa shape index (κ3) is 3.78. The molecule has 2 rings (SSSR count). The first-order chi connectivity index (χ1) is 9.70. The number of aromatic nitrogens is 4. The van der Waals surface area contributed by atoms with Gasteiger partial charge in [0, 0.05) is 13.7 Å². The molecule has 0 fully saturated rings. The summed E-state index contributed by atoms with van der Waals surface area (Å²) in [5.74, 6) is -1.13. The van der Waals surface area contributed by atoms with Crippen molar-refractivity contribution in [2.45, 2.75) is 13.1 Å². The highest BCUT2D eigenvalue weighted by molar-refractivity contribution is 5.18. The van der Waals surface area contributed by atoms with Crippen LogP contribution in [0, 0.1) is 11.6 Å². The molecule has 1 aromatic heterocycles. The standard InChI is InChI=1S/C12H15F2N5O/c1-20-5-4-15-7-12-16-17-18-19(12)8-9-2-3-10(13)11(14)6-9/h2-3,6,15H,4-5,7-8H2,1H3. The van der Waals surface area contributed by atoms with Gasteiger partial charge in [-0.2, -0.15) is 0 Å². The summed E-state index contributed by atoms with van der Waals surface area (Å²) in [5, 5.41) is 14.4. The fraction of sp³-hybridized carbons (Fsp3) is 0.417. The largest absolute Gasteiger partial charge is 0.383 e. The molecule has 6 nitrogen and oxygen atoms in total. The van der Waals surface area contributed by atoms with Gasteiger partial charge in [-0.25, -0.2) is 13.5 Å². The van der Waals surface area contributed by atoms with Gasteiger partial charge >= 0.3 is 0 Å². The number of rotatable bonds is 7. The van der Waals surface area contributed by atoms with Crippen molar-refractivity contribution in [1.82, 2.24) is 25.5 Å². The number of hydrogen-bond acceptors (Lipinski definition) is 5. The van der Waals surface area contributed by atoms with E-state index in [2.05, 4.69) is 20.8 Å². The van der Waals surface area contributed by atoms with Gasteiger partial charge in [-0.05, 0) is 28.1 Å². The van der Waals surface area contributed by atoms with E-state index in [1.807, 2.05) is 0 Å². The summed E-state index contributed by atoms with van der Waals surface area (Å²) in [6.07, 6.45) is 0. The second kappa shape index (κ2) is 7.01. The van der Waals surface area contributed by atoms with E-state index in [1.165, 1.54) is 10.7 Å². The molecule has 0 aliphatic carbocycles. The number of hydrogen-bond donors (Lipinski definition) is 1. The maximum Gasteiger partial charge on any atom is 0.165 e. The Balaban J connectivity index is 1.99. The molecule has 0 radical (unpaired) electrons. The minimum absolute atomic E-state index is 0.283. The highest BCUT2D eigenvalue weighted by Crippen LogP contribution is 2.10. The van der Waals surface area contributed by atoms with Crippen molar-refractivity contribution < 1.29 is 13.5 Å². The lowest BCUT2D eigenvalue weighted by molar-refractivity contribution is 0.198. The Morgan fingerprint density at radius 3 is 2.90 bits per heavy atom. The molecule has 0 saturated carbocycles. The van der Waals surface area contributed by atoms with Crippen molar-refractivity contribution in [2.75, 3.05) is 20.3 Å². The molecule has 1 N–H and O–H groups in total. The molecule has 0 unspecified atom stereocenters. The quantitative estimate of drug-likeness (QED) is 0.759. The summed E-state index contributed by atoms with van der Waals surface area (Å²) in [5.41, 5.74) is 0.592. The zero-order valence-corrected chi connectivity index (χ0v) is 11.0. The summed E-state index contributed by atoms with van der Waals surface area (Å²) in [6, 6.07) is 3.73. The first-order valence-corrected chi connectivity index (χ1v) is 6.09. The Morgan fingerprint density at radius 1 is 1.30 bits per heavy atom. The fourth-order valence-corrected chi connectivity index (χ4v) is 1.66. The highest BCUT2D eigenvalue weighted by Gasteiger charge is 2.08. The van der Waals surface area contributed by atoms with E-state index in [0.717, 1.165) is 12.1 Å². The number of nitrogens with zero attached hydrogens (tertiary/aromatic N) is 4. The lowest BCUT2D eigenvalue weighted by Gasteiger charge is -2.06. The number of nitrogens with one attached hydrogen (secondary N) is 1. The Morgan fingerprint density at radius 2 is 2.15 bits per heavy atom. The summed E-state index contributed by atoms with van der Waals surface area (Å²) < 4.78 is 32.4. The van der Waals surface area contributed by atoms with Crippen LogP contribution in [0.2, 0.25) is 0 Å². The number of methoxy groups -OCH3 is 1. The number of ether oxygens (including phenoxy) is 1. The van der Waals surface area contributed by atoms with Crippen molar-refractivity contribution in [3.8, 4) is 0 Å². The lowest BCUT2D eigenvalue weighted by Crippen LogP contribution is -2.21. The second-order valence-electron chi connectivity index (χ2n) is 4.17. The van der Waals surface area contributed by atoms with Crippen LogP contribution in [0.5, 0.6) is 0 Å². The van der Waals surface area contributed by atoms with Crippen molar-refractivity contribution in [3.63, 3.8) is 0 Å². The van der Waals surface area contributed by atoms with Crippen LogP contribution >= 0.6 is 0 Å². The van der Waals surface area contributed by atoms with Gasteiger partial charge in [0.25, 0.3) is 0 Å². The molecule has 0 saturated heterocycles. The van der Waals surface area contributed by atoms with E-state index in [-0.39, 0.29) is 6.54 Å². The first-order valence-electron chi connectivity index (χ1n) is 6.09. The predicted octanol–water partition coefficient (Wildman–Crippen LogP) is 0.736. The zero-order chi connectivity index (χ0) is 14.4. The Kier molecular flexibility index (Phi) is 5.08. The van der Waals surface area contributed by atoms with Gasteiger partial charge in [-0.3, -0.25) is 0 Å². The minimum Gasteiger partial charge on any atom is -0.383 e. The summed E-state index contributed by atoms with van der Waals surface area (Å²) >= 11 is 0. The summed E-state index contributed by atoms with van der Waals surface area (Å²) in [4.78, 5) is 0. The molecular formula is C12H15F2N5O. The normalized spacial score (nSPS) is 10.9. The average Bonchev–Trinajstić information content (AvgIpc) is 2.86. The monoisotopic (exact) mass is 283 g/mol. The van der Waals surface area contributed by atoms with E-state index in [1.54, 1.807) is 7.11 Å². The second-order valence-corrected chi connectivity index (χ2v) is 4.17. The van der Waals surface area contributed by atoms with E-state index >= 15 is 0 Å². The van der Waals surface area contributed by atoms with E-state index in [9.17, 15) is 8.78 Å². The van der Waals surface area contributed by atoms with Gasteiger partial charge in [0.1, 0.15) is 0 Å². The van der Waals surface area contributed by atoms with Crippen LogP contribution in [-0.2, 0) is 17.8 Å². The Labute approximate surface area is 114 Å². The summed E-state index contributed by atoms with van der Waals surface area (Å²) in [6.45, 7) is 2.02. The predicted molar refractivity (Wildman–Crippen MR) is 66.9 cm³/mol. The molecule has 8 heteroatoms. The molecule has 20 heavy (non-hydrogen) atoms. The molecule has 1 aromatic carbocycles. The maximum atomic E-state index is 13.1. The van der Waals surface area contributed by atoms with Gasteiger partial charge in [0.05, 0.1) is 19.7 Å². The van der Waals surface area contributed by atoms with Crippen molar-refractivity contribution in [3.05, 3.63) is 41.2 Å². The molecule has 0 aliphatic rings. The Bertz CT molecular complexity index is 561. The molecular weight excluding hydrogens is 268 g/mol. The number of tetrazole rings is 1. The first kappa shape index (κ1) is 14.5. The average molecular weight is 283 g/mol. The molecule has 0 spiro atoms. The highest BCUT2D eigenvalue weighted by atomic mass is 19.2. The van der Waals surface area contributed by atoms with Crippen LogP contribution < -0.4 is 5.32 Å². The topological polar surface area (TPSA) is 64.9 Å². The van der Waals surface area contributed by atoms with E-state index < -0.39 is 11.6 Å². The van der Waals surface area contributed by atoms with Gasteiger partial charge in [0.15, 0.2) is 17.5 Å². The summed E-state index contributed by atoms with van der Waals surface area (Å²) in [7, 11) is 1.62. The smallest absolute Gasteiger partial charge is 0.165 e. The zero-order valence-electron chi connectivity index (χ0n) is 11.0. The molecule has 2 aromatic rings. The van der Waals surface area contributed by atoms with Gasteiger partial charge in [-0.1, -0.05) is 6.07 Å². The van der Waals surface area contributed by atoms with Crippen molar-refractivity contribution >= 4 is 0 Å². The third-order valence-electron chi connectivity index (χ3n) is 2.69. The molecule has 108 valence electrons. The van der Waals surface area contributed by atoms with Gasteiger partial charge < -0.3 is 10.1 Å². The van der Waals surface area contributed by atoms with Gasteiger partial charge in [-0.15, -0.1) is 5.10 Å².